The molecular weight excluding hydrogens is 529 g/mol. The largest absolute Gasteiger partial charge is 0.308 e. The number of benzene rings is 6. The molecule has 3 aromatic heterocycles. The molecule has 2 nitrogen and oxygen atoms in total. The van der Waals surface area contributed by atoms with Gasteiger partial charge in [0.15, 0.2) is 0 Å². The van der Waals surface area contributed by atoms with Crippen LogP contribution in [-0.2, 0) is 0 Å². The lowest BCUT2D eigenvalue weighted by Crippen LogP contribution is -1.98. The number of hydrogen-bond donors (Lipinski definition) is 0. The average molecular weight is 553 g/mol. The highest BCUT2D eigenvalue weighted by molar-refractivity contribution is 7.27. The zero-order chi connectivity index (χ0) is 27.6. The fourth-order valence-electron chi connectivity index (χ4n) is 6.55. The monoisotopic (exact) mass is 552 g/mol. The minimum atomic E-state index is 0.964. The molecule has 0 radical (unpaired) electrons. The van der Waals surface area contributed by atoms with Gasteiger partial charge in [0.25, 0.3) is 0 Å². The molecule has 196 valence electrons. The van der Waals surface area contributed by atoms with Crippen molar-refractivity contribution in [2.75, 3.05) is 0 Å². The fraction of sp³-hybridized carbons (Fsp3) is 0. The van der Waals surface area contributed by atoms with Crippen LogP contribution in [0, 0.1) is 0 Å². The summed E-state index contributed by atoms with van der Waals surface area (Å²) in [7, 11) is 0. The Hall–Kier alpha value is -5.25. The van der Waals surface area contributed by atoms with E-state index >= 15 is 0 Å². The van der Waals surface area contributed by atoms with Crippen LogP contribution in [0.25, 0.3) is 81.0 Å². The van der Waals surface area contributed by atoms with Crippen LogP contribution in [-0.4, -0.2) is 9.55 Å². The molecular formula is C39H24N2S. The van der Waals surface area contributed by atoms with Crippen molar-refractivity contribution < 1.29 is 0 Å². The standard InChI is InChI=1S/C39H24N2S/c1-3-13-25(14-4-1)32-23-27(24-33(40-32)26-15-5-2-6-16-26)41-34-21-11-9-19-30(34)36-28-17-7-8-18-29(28)37-31-20-10-12-22-35(31)42-39(37)38(36)41/h1-24H. The normalized spacial score (nSPS) is 11.8. The van der Waals surface area contributed by atoms with Crippen molar-refractivity contribution in [1.82, 2.24) is 9.55 Å². The Labute approximate surface area is 246 Å². The Morgan fingerprint density at radius 1 is 0.476 bits per heavy atom. The highest BCUT2D eigenvalue weighted by Gasteiger charge is 2.22. The molecule has 0 fully saturated rings. The van der Waals surface area contributed by atoms with Gasteiger partial charge in [-0.05, 0) is 35.0 Å². The number of aromatic nitrogens is 2. The summed E-state index contributed by atoms with van der Waals surface area (Å²) in [5.74, 6) is 0. The zero-order valence-electron chi connectivity index (χ0n) is 22.7. The van der Waals surface area contributed by atoms with Crippen molar-refractivity contribution in [2.24, 2.45) is 0 Å². The van der Waals surface area contributed by atoms with Gasteiger partial charge >= 0.3 is 0 Å². The highest BCUT2D eigenvalue weighted by atomic mass is 32.1. The quantitative estimate of drug-likeness (QED) is 0.213. The highest BCUT2D eigenvalue weighted by Crippen LogP contribution is 2.48. The van der Waals surface area contributed by atoms with Crippen molar-refractivity contribution in [3.05, 3.63) is 146 Å². The fourth-order valence-corrected chi connectivity index (χ4v) is 7.81. The number of nitrogens with zero attached hydrogens (tertiary/aromatic N) is 2. The van der Waals surface area contributed by atoms with Gasteiger partial charge in [-0.1, -0.05) is 121 Å². The van der Waals surface area contributed by atoms with E-state index in [1.54, 1.807) is 0 Å². The summed E-state index contributed by atoms with van der Waals surface area (Å²) in [6.45, 7) is 0. The third-order valence-electron chi connectivity index (χ3n) is 8.36. The van der Waals surface area contributed by atoms with Gasteiger partial charge in [-0.2, -0.15) is 0 Å². The Bertz CT molecular complexity index is 2390. The van der Waals surface area contributed by atoms with Gasteiger partial charge in [0, 0.05) is 37.4 Å². The van der Waals surface area contributed by atoms with E-state index in [1.807, 2.05) is 11.3 Å². The topological polar surface area (TPSA) is 17.8 Å². The van der Waals surface area contributed by atoms with Gasteiger partial charge in [-0.15, -0.1) is 11.3 Å². The summed E-state index contributed by atoms with van der Waals surface area (Å²) in [5, 5.41) is 7.83. The minimum absolute atomic E-state index is 0.964. The average Bonchev–Trinajstić information content (AvgIpc) is 3.62. The van der Waals surface area contributed by atoms with E-state index in [2.05, 4.69) is 150 Å². The number of hydrogen-bond acceptors (Lipinski definition) is 2. The molecule has 9 aromatic rings. The van der Waals surface area contributed by atoms with Crippen LogP contribution in [0.5, 0.6) is 0 Å². The number of pyridine rings is 1. The zero-order valence-corrected chi connectivity index (χ0v) is 23.5. The molecule has 0 spiro atoms. The van der Waals surface area contributed by atoms with Crippen LogP contribution in [0.2, 0.25) is 0 Å². The predicted molar refractivity (Wildman–Crippen MR) is 180 cm³/mol. The molecule has 3 heterocycles. The van der Waals surface area contributed by atoms with Crippen LogP contribution in [0.15, 0.2) is 146 Å². The van der Waals surface area contributed by atoms with Crippen LogP contribution < -0.4 is 0 Å². The lowest BCUT2D eigenvalue weighted by Gasteiger charge is -2.14. The van der Waals surface area contributed by atoms with Crippen LogP contribution in [0.4, 0.5) is 0 Å². The minimum Gasteiger partial charge on any atom is -0.308 e. The maximum absolute atomic E-state index is 5.18. The van der Waals surface area contributed by atoms with E-state index in [9.17, 15) is 0 Å². The lowest BCUT2D eigenvalue weighted by atomic mass is 9.99. The number of thiophene rings is 1. The number of fused-ring (bicyclic) bond motifs is 10. The summed E-state index contributed by atoms with van der Waals surface area (Å²) >= 11 is 1.89. The van der Waals surface area contributed by atoms with E-state index in [1.165, 1.54) is 52.8 Å². The Kier molecular flexibility index (Phi) is 5.10. The predicted octanol–water partition coefficient (Wildman–Crippen LogP) is 11.0. The first kappa shape index (κ1) is 23.5. The van der Waals surface area contributed by atoms with Crippen LogP contribution in [0.1, 0.15) is 0 Å². The second kappa shape index (κ2) is 9.13. The first-order valence-corrected chi connectivity index (χ1v) is 15.1. The van der Waals surface area contributed by atoms with Gasteiger partial charge in [0.05, 0.1) is 32.8 Å². The molecule has 3 heteroatoms. The second-order valence-electron chi connectivity index (χ2n) is 10.8. The summed E-state index contributed by atoms with van der Waals surface area (Å²) in [4.78, 5) is 5.18. The molecule has 0 saturated carbocycles. The first-order valence-electron chi connectivity index (χ1n) is 14.2. The second-order valence-corrected chi connectivity index (χ2v) is 11.8. The smallest absolute Gasteiger partial charge is 0.0730 e. The number of rotatable bonds is 3. The van der Waals surface area contributed by atoms with E-state index in [0.717, 1.165) is 28.2 Å². The molecule has 6 aromatic carbocycles. The molecule has 0 saturated heterocycles. The Morgan fingerprint density at radius 2 is 1.00 bits per heavy atom. The van der Waals surface area contributed by atoms with Gasteiger partial charge in [-0.25, -0.2) is 4.98 Å². The van der Waals surface area contributed by atoms with Crippen molar-refractivity contribution >= 4 is 64.1 Å². The van der Waals surface area contributed by atoms with Gasteiger partial charge < -0.3 is 4.57 Å². The van der Waals surface area contributed by atoms with Crippen LogP contribution >= 0.6 is 11.3 Å². The summed E-state index contributed by atoms with van der Waals surface area (Å²) in [6, 6.07) is 52.1. The molecule has 0 aliphatic rings. The van der Waals surface area contributed by atoms with Crippen molar-refractivity contribution in [1.29, 1.82) is 0 Å². The van der Waals surface area contributed by atoms with Gasteiger partial charge in [0.1, 0.15) is 0 Å². The van der Waals surface area contributed by atoms with E-state index in [-0.39, 0.29) is 0 Å². The van der Waals surface area contributed by atoms with E-state index in [0.29, 0.717) is 0 Å². The molecule has 0 N–H and O–H groups in total. The van der Waals surface area contributed by atoms with Crippen LogP contribution in [0.3, 0.4) is 0 Å². The summed E-state index contributed by atoms with van der Waals surface area (Å²) in [6.07, 6.45) is 0. The third-order valence-corrected chi connectivity index (χ3v) is 9.54. The molecule has 0 atom stereocenters. The summed E-state index contributed by atoms with van der Waals surface area (Å²) in [5.41, 5.74) is 7.71. The van der Waals surface area contributed by atoms with E-state index < -0.39 is 0 Å². The SMILES string of the molecule is c1ccc(-c2cc(-n3c4ccccc4c4c5ccccc5c5c6ccccc6sc5c43)cc(-c3ccccc3)n2)cc1. The molecule has 0 aliphatic carbocycles. The maximum atomic E-state index is 5.18. The van der Waals surface area contributed by atoms with Crippen molar-refractivity contribution in [3.8, 4) is 28.2 Å². The maximum Gasteiger partial charge on any atom is 0.0730 e. The van der Waals surface area contributed by atoms with Crippen molar-refractivity contribution in [2.45, 2.75) is 0 Å². The summed E-state index contributed by atoms with van der Waals surface area (Å²) < 4.78 is 5.11. The first-order chi connectivity index (χ1) is 20.8. The molecule has 0 unspecified atom stereocenters. The van der Waals surface area contributed by atoms with Gasteiger partial charge in [-0.3, -0.25) is 0 Å². The third kappa shape index (κ3) is 3.41. The van der Waals surface area contributed by atoms with Crippen molar-refractivity contribution in [3.63, 3.8) is 0 Å². The van der Waals surface area contributed by atoms with E-state index in [4.69, 9.17) is 4.98 Å². The molecule has 42 heavy (non-hydrogen) atoms. The lowest BCUT2D eigenvalue weighted by molar-refractivity contribution is 1.16. The number of para-hydroxylation sites is 1. The molecule has 0 aliphatic heterocycles. The molecule has 0 amide bonds. The van der Waals surface area contributed by atoms with Gasteiger partial charge in [0.2, 0.25) is 0 Å². The Morgan fingerprint density at radius 3 is 1.67 bits per heavy atom. The molecule has 9 rings (SSSR count). The molecule has 0 bridgehead atoms. The Balaban J connectivity index is 1.50.